The van der Waals surface area contributed by atoms with Crippen LogP contribution in [0.2, 0.25) is 0 Å². The number of rotatable bonds is 5. The second-order valence-electron chi connectivity index (χ2n) is 7.92. The summed E-state index contributed by atoms with van der Waals surface area (Å²) in [7, 11) is 0. The summed E-state index contributed by atoms with van der Waals surface area (Å²) >= 11 is 0. The summed E-state index contributed by atoms with van der Waals surface area (Å²) in [6.07, 6.45) is -9.23. The minimum atomic E-state index is -5.40. The summed E-state index contributed by atoms with van der Waals surface area (Å²) in [6.45, 7) is 0. The van der Waals surface area contributed by atoms with Gasteiger partial charge >= 0.3 is 12.4 Å². The molecule has 0 saturated carbocycles. The molecule has 4 rings (SSSR count). The monoisotopic (exact) mass is 519 g/mol. The number of aliphatic hydroxyl groups is 1. The molecule has 1 atom stereocenters. The van der Waals surface area contributed by atoms with E-state index in [-0.39, 0.29) is 22.4 Å². The first-order chi connectivity index (χ1) is 17.3. The van der Waals surface area contributed by atoms with E-state index in [0.29, 0.717) is 11.8 Å². The molecular weight excluding hydrogens is 504 g/mol. The Morgan fingerprint density at radius 2 is 1.54 bits per heavy atom. The largest absolute Gasteiger partial charge is 0.457 e. The van der Waals surface area contributed by atoms with Crippen LogP contribution in [0.25, 0.3) is 16.6 Å². The van der Waals surface area contributed by atoms with Crippen molar-refractivity contribution in [3.63, 3.8) is 0 Å². The lowest BCUT2D eigenvalue weighted by Gasteiger charge is -2.26. The molecule has 1 heterocycles. The SMILES string of the molecule is N#Cc1ccc(Oc2ccc(-n3cc(C(O)(C(N)=O)C(F)(F)F)c4ccccc43)cc2)cc1C(F)(F)F. The number of benzene rings is 3. The normalized spacial score (nSPS) is 13.7. The summed E-state index contributed by atoms with van der Waals surface area (Å²) < 4.78 is 87.5. The van der Waals surface area contributed by atoms with Crippen LogP contribution in [0.15, 0.2) is 72.9 Å². The zero-order chi connectivity index (χ0) is 27.2. The smallest absolute Gasteiger partial charge is 0.430 e. The lowest BCUT2D eigenvalue weighted by molar-refractivity contribution is -0.255. The Bertz CT molecular complexity index is 1530. The quantitative estimate of drug-likeness (QED) is 0.338. The number of primary amides is 1. The van der Waals surface area contributed by atoms with Gasteiger partial charge in [0, 0.05) is 22.8 Å². The van der Waals surface area contributed by atoms with Crippen LogP contribution in [0.3, 0.4) is 0 Å². The van der Waals surface area contributed by atoms with Crippen LogP contribution < -0.4 is 10.5 Å². The molecule has 37 heavy (non-hydrogen) atoms. The number of nitrogens with two attached hydrogens (primary N) is 1. The highest BCUT2D eigenvalue weighted by molar-refractivity contribution is 5.95. The first kappa shape index (κ1) is 25.6. The highest BCUT2D eigenvalue weighted by Gasteiger charge is 2.61. The highest BCUT2D eigenvalue weighted by Crippen LogP contribution is 2.43. The molecule has 6 nitrogen and oxygen atoms in total. The number of aromatic nitrogens is 1. The number of fused-ring (bicyclic) bond motifs is 1. The van der Waals surface area contributed by atoms with Gasteiger partial charge in [-0.2, -0.15) is 31.6 Å². The molecular formula is C25H15F6N3O3. The van der Waals surface area contributed by atoms with Crippen molar-refractivity contribution in [2.75, 3.05) is 0 Å². The number of carbonyl (C=O) groups is 1. The van der Waals surface area contributed by atoms with E-state index in [2.05, 4.69) is 0 Å². The van der Waals surface area contributed by atoms with Crippen LogP contribution >= 0.6 is 0 Å². The average Bonchev–Trinajstić information content (AvgIpc) is 3.22. The molecule has 0 aliphatic rings. The minimum Gasteiger partial charge on any atom is -0.457 e. The maximum atomic E-state index is 13.7. The van der Waals surface area contributed by atoms with Gasteiger partial charge in [-0.1, -0.05) is 18.2 Å². The number of alkyl halides is 6. The lowest BCUT2D eigenvalue weighted by Crippen LogP contribution is -2.52. The predicted molar refractivity (Wildman–Crippen MR) is 119 cm³/mol. The Hall–Kier alpha value is -4.50. The zero-order valence-electron chi connectivity index (χ0n) is 18.4. The van der Waals surface area contributed by atoms with Crippen LogP contribution in [-0.4, -0.2) is 21.8 Å². The molecule has 0 aliphatic carbocycles. The summed E-state index contributed by atoms with van der Waals surface area (Å²) in [6, 6.07) is 15.6. The molecule has 1 unspecified atom stereocenters. The summed E-state index contributed by atoms with van der Waals surface area (Å²) in [4.78, 5) is 11.7. The molecule has 1 amide bonds. The van der Waals surface area contributed by atoms with Crippen molar-refractivity contribution in [2.45, 2.75) is 18.0 Å². The van der Waals surface area contributed by atoms with E-state index in [1.165, 1.54) is 59.2 Å². The first-order valence-corrected chi connectivity index (χ1v) is 10.4. The van der Waals surface area contributed by atoms with E-state index in [4.69, 9.17) is 15.7 Å². The molecule has 190 valence electrons. The van der Waals surface area contributed by atoms with Crippen LogP contribution in [0.1, 0.15) is 16.7 Å². The first-order valence-electron chi connectivity index (χ1n) is 10.4. The maximum Gasteiger partial charge on any atom is 0.430 e. The number of carbonyl (C=O) groups excluding carboxylic acids is 1. The van der Waals surface area contributed by atoms with Gasteiger partial charge in [-0.3, -0.25) is 4.79 Å². The molecule has 3 N–H and O–H groups in total. The lowest BCUT2D eigenvalue weighted by atomic mass is 9.92. The van der Waals surface area contributed by atoms with Gasteiger partial charge in [-0.15, -0.1) is 0 Å². The Balaban J connectivity index is 1.73. The van der Waals surface area contributed by atoms with Crippen molar-refractivity contribution < 1.29 is 41.0 Å². The predicted octanol–water partition coefficient (Wildman–Crippen LogP) is 5.55. The molecule has 0 fully saturated rings. The minimum absolute atomic E-state index is 0.0706. The molecule has 4 aromatic rings. The molecule has 0 bridgehead atoms. The number of halogens is 6. The Morgan fingerprint density at radius 3 is 2.11 bits per heavy atom. The third-order valence-corrected chi connectivity index (χ3v) is 5.64. The van der Waals surface area contributed by atoms with Crippen molar-refractivity contribution in [2.24, 2.45) is 5.73 Å². The number of hydrogen-bond acceptors (Lipinski definition) is 4. The van der Waals surface area contributed by atoms with E-state index in [1.54, 1.807) is 6.07 Å². The van der Waals surface area contributed by atoms with E-state index in [0.717, 1.165) is 12.3 Å². The molecule has 0 aliphatic heterocycles. The summed E-state index contributed by atoms with van der Waals surface area (Å²) in [5.41, 5.74) is -0.984. The fraction of sp³-hybridized carbons (Fsp3) is 0.120. The van der Waals surface area contributed by atoms with Gasteiger partial charge in [0.2, 0.25) is 0 Å². The third-order valence-electron chi connectivity index (χ3n) is 5.64. The molecule has 0 saturated heterocycles. The number of ether oxygens (including phenoxy) is 1. The molecule has 0 radical (unpaired) electrons. The van der Waals surface area contributed by atoms with Crippen molar-refractivity contribution in [3.8, 4) is 23.3 Å². The number of hydrogen-bond donors (Lipinski definition) is 2. The van der Waals surface area contributed by atoms with Gasteiger partial charge in [-0.05, 0) is 48.5 Å². The molecule has 3 aromatic carbocycles. The van der Waals surface area contributed by atoms with Gasteiger partial charge in [0.05, 0.1) is 22.7 Å². The third kappa shape index (κ3) is 4.45. The second kappa shape index (κ2) is 8.86. The number of nitrogens with zero attached hydrogens (tertiary/aromatic N) is 2. The topological polar surface area (TPSA) is 101 Å². The Labute approximate surface area is 204 Å². The van der Waals surface area contributed by atoms with Gasteiger partial charge < -0.3 is 20.1 Å². The fourth-order valence-corrected chi connectivity index (χ4v) is 3.84. The van der Waals surface area contributed by atoms with Crippen LogP contribution in [-0.2, 0) is 16.6 Å². The van der Waals surface area contributed by atoms with Gasteiger partial charge in [0.25, 0.3) is 11.5 Å². The summed E-state index contributed by atoms with van der Waals surface area (Å²) in [5, 5.41) is 19.2. The van der Waals surface area contributed by atoms with Crippen LogP contribution in [0, 0.1) is 11.3 Å². The van der Waals surface area contributed by atoms with Crippen LogP contribution in [0.5, 0.6) is 11.5 Å². The highest BCUT2D eigenvalue weighted by atomic mass is 19.4. The Kier molecular flexibility index (Phi) is 6.13. The van der Waals surface area contributed by atoms with E-state index in [9.17, 15) is 36.2 Å². The van der Waals surface area contributed by atoms with Crippen molar-refractivity contribution in [1.82, 2.24) is 4.57 Å². The summed E-state index contributed by atoms with van der Waals surface area (Å²) in [5.74, 6) is -2.08. The zero-order valence-corrected chi connectivity index (χ0v) is 18.4. The maximum absolute atomic E-state index is 13.7. The molecule has 1 aromatic heterocycles. The molecule has 12 heteroatoms. The van der Waals surface area contributed by atoms with E-state index in [1.807, 2.05) is 0 Å². The van der Waals surface area contributed by atoms with Gasteiger partial charge in [0.15, 0.2) is 0 Å². The van der Waals surface area contributed by atoms with Gasteiger partial charge in [-0.25, -0.2) is 0 Å². The van der Waals surface area contributed by atoms with Crippen molar-refractivity contribution in [3.05, 3.63) is 89.6 Å². The number of amides is 1. The number of para-hydroxylation sites is 1. The van der Waals surface area contributed by atoms with Crippen molar-refractivity contribution >= 4 is 16.8 Å². The van der Waals surface area contributed by atoms with Crippen LogP contribution in [0.4, 0.5) is 26.3 Å². The van der Waals surface area contributed by atoms with E-state index < -0.39 is 40.6 Å². The Morgan fingerprint density at radius 1 is 0.919 bits per heavy atom. The van der Waals surface area contributed by atoms with Gasteiger partial charge in [0.1, 0.15) is 11.5 Å². The standard InChI is InChI=1S/C25H15F6N3O3/c26-24(27,28)19-11-17(8-5-14(19)12-32)37-16-9-6-15(7-10-16)34-13-20(18-3-1-2-4-21(18)34)23(36,22(33)35)25(29,30)31/h1-11,13,36H,(H2,33,35). The number of nitriles is 1. The second-order valence-corrected chi connectivity index (χ2v) is 7.92. The fourth-order valence-electron chi connectivity index (χ4n) is 3.84. The van der Waals surface area contributed by atoms with Crippen molar-refractivity contribution in [1.29, 1.82) is 5.26 Å². The van der Waals surface area contributed by atoms with E-state index >= 15 is 0 Å². The average molecular weight is 519 g/mol. The molecule has 0 spiro atoms.